The lowest BCUT2D eigenvalue weighted by atomic mass is 10.1. The number of carbonyl (C=O) groups is 1. The minimum Gasteiger partial charge on any atom is -0.397 e. The van der Waals surface area contributed by atoms with Crippen LogP contribution in [0.15, 0.2) is 48.5 Å². The Morgan fingerprint density at radius 3 is 2.25 bits per heavy atom. The van der Waals surface area contributed by atoms with Crippen molar-refractivity contribution in [2.75, 3.05) is 11.1 Å². The zero-order chi connectivity index (χ0) is 14.8. The first-order chi connectivity index (χ1) is 9.38. The van der Waals surface area contributed by atoms with Crippen LogP contribution in [0.2, 0.25) is 0 Å². The third kappa shape index (κ3) is 3.09. The summed E-state index contributed by atoms with van der Waals surface area (Å²) in [5.41, 5.74) is 5.08. The highest BCUT2D eigenvalue weighted by Gasteiger charge is 2.30. The molecule has 0 aromatic heterocycles. The highest BCUT2D eigenvalue weighted by molar-refractivity contribution is 6.05. The molecule has 0 heterocycles. The van der Waals surface area contributed by atoms with E-state index in [2.05, 4.69) is 5.32 Å². The lowest BCUT2D eigenvalue weighted by Gasteiger charge is -2.11. The molecule has 0 fully saturated rings. The maximum atomic E-state index is 12.5. The predicted octanol–water partition coefficient (Wildman–Crippen LogP) is 3.54. The van der Waals surface area contributed by atoms with E-state index in [1.54, 1.807) is 30.3 Å². The van der Waals surface area contributed by atoms with Crippen LogP contribution >= 0.6 is 0 Å². The van der Waals surface area contributed by atoms with Crippen LogP contribution in [0.25, 0.3) is 0 Å². The molecule has 0 bridgehead atoms. The fourth-order valence-corrected chi connectivity index (χ4v) is 1.64. The molecule has 0 radical (unpaired) electrons. The summed E-state index contributed by atoms with van der Waals surface area (Å²) >= 11 is 0. The van der Waals surface area contributed by atoms with E-state index in [4.69, 9.17) is 5.73 Å². The molecule has 2 rings (SSSR count). The molecule has 2 aromatic carbocycles. The Balaban J connectivity index is 2.21. The number of amides is 1. The second-order valence-electron chi connectivity index (χ2n) is 4.12. The van der Waals surface area contributed by atoms with Gasteiger partial charge < -0.3 is 11.1 Å². The first-order valence-electron chi connectivity index (χ1n) is 5.71. The predicted molar refractivity (Wildman–Crippen MR) is 70.3 cm³/mol. The standard InChI is InChI=1S/C14H11F3N2O/c15-14(16,17)10-6-7-12(11(18)8-10)19-13(20)9-4-2-1-3-5-9/h1-8H,18H2,(H,19,20). The Morgan fingerprint density at radius 2 is 1.70 bits per heavy atom. The van der Waals surface area contributed by atoms with E-state index in [0.717, 1.165) is 18.2 Å². The van der Waals surface area contributed by atoms with Crippen molar-refractivity contribution in [3.63, 3.8) is 0 Å². The maximum Gasteiger partial charge on any atom is 0.416 e. The average molecular weight is 280 g/mol. The lowest BCUT2D eigenvalue weighted by molar-refractivity contribution is -0.137. The van der Waals surface area contributed by atoms with E-state index in [-0.39, 0.29) is 11.4 Å². The molecular weight excluding hydrogens is 269 g/mol. The summed E-state index contributed by atoms with van der Waals surface area (Å²) in [5, 5.41) is 2.47. The molecule has 6 heteroatoms. The summed E-state index contributed by atoms with van der Waals surface area (Å²) in [4.78, 5) is 11.9. The van der Waals surface area contributed by atoms with Crippen molar-refractivity contribution in [3.05, 3.63) is 59.7 Å². The molecule has 0 spiro atoms. The smallest absolute Gasteiger partial charge is 0.397 e. The molecule has 0 aliphatic rings. The number of hydrogen-bond acceptors (Lipinski definition) is 2. The number of rotatable bonds is 2. The van der Waals surface area contributed by atoms with Crippen molar-refractivity contribution in [2.24, 2.45) is 0 Å². The van der Waals surface area contributed by atoms with Gasteiger partial charge in [-0.3, -0.25) is 4.79 Å². The van der Waals surface area contributed by atoms with E-state index in [1.165, 1.54) is 0 Å². The van der Waals surface area contributed by atoms with Crippen LogP contribution < -0.4 is 11.1 Å². The van der Waals surface area contributed by atoms with Crippen molar-refractivity contribution >= 4 is 17.3 Å². The SMILES string of the molecule is Nc1cc(C(F)(F)F)ccc1NC(=O)c1ccccc1. The number of anilines is 2. The minimum atomic E-state index is -4.46. The number of nitrogens with one attached hydrogen (secondary N) is 1. The van der Waals surface area contributed by atoms with Crippen LogP contribution in [-0.2, 0) is 6.18 Å². The molecule has 0 aliphatic carbocycles. The topological polar surface area (TPSA) is 55.1 Å². The van der Waals surface area contributed by atoms with Gasteiger partial charge in [0.15, 0.2) is 0 Å². The van der Waals surface area contributed by atoms with Gasteiger partial charge in [-0.1, -0.05) is 18.2 Å². The Hall–Kier alpha value is -2.50. The molecule has 104 valence electrons. The van der Waals surface area contributed by atoms with Gasteiger partial charge in [-0.25, -0.2) is 0 Å². The van der Waals surface area contributed by atoms with Gasteiger partial charge in [-0.2, -0.15) is 13.2 Å². The van der Waals surface area contributed by atoms with E-state index < -0.39 is 17.6 Å². The Kier molecular flexibility index (Phi) is 3.65. The van der Waals surface area contributed by atoms with Gasteiger partial charge in [-0.15, -0.1) is 0 Å². The fourth-order valence-electron chi connectivity index (χ4n) is 1.64. The highest BCUT2D eigenvalue weighted by Crippen LogP contribution is 2.32. The summed E-state index contributed by atoms with van der Waals surface area (Å²) in [6.07, 6.45) is -4.46. The molecule has 3 nitrogen and oxygen atoms in total. The van der Waals surface area contributed by atoms with Gasteiger partial charge in [0.1, 0.15) is 0 Å². The minimum absolute atomic E-state index is 0.135. The van der Waals surface area contributed by atoms with E-state index >= 15 is 0 Å². The molecule has 0 saturated heterocycles. The molecule has 1 amide bonds. The molecule has 0 saturated carbocycles. The average Bonchev–Trinajstić information content (AvgIpc) is 2.41. The number of nitrogens with two attached hydrogens (primary N) is 1. The number of halogens is 3. The van der Waals surface area contributed by atoms with Crippen LogP contribution in [0.4, 0.5) is 24.5 Å². The second-order valence-corrected chi connectivity index (χ2v) is 4.12. The van der Waals surface area contributed by atoms with E-state index in [1.807, 2.05) is 0 Å². The van der Waals surface area contributed by atoms with Crippen molar-refractivity contribution in [2.45, 2.75) is 6.18 Å². The number of hydrogen-bond donors (Lipinski definition) is 2. The summed E-state index contributed by atoms with van der Waals surface area (Å²) in [6, 6.07) is 11.1. The zero-order valence-electron chi connectivity index (χ0n) is 10.2. The van der Waals surface area contributed by atoms with Crippen LogP contribution in [0, 0.1) is 0 Å². The monoisotopic (exact) mass is 280 g/mol. The zero-order valence-corrected chi connectivity index (χ0v) is 10.2. The molecule has 0 unspecified atom stereocenters. The number of carbonyl (C=O) groups excluding carboxylic acids is 1. The van der Waals surface area contributed by atoms with Gasteiger partial charge in [0.05, 0.1) is 16.9 Å². The largest absolute Gasteiger partial charge is 0.416 e. The molecular formula is C14H11F3N2O. The second kappa shape index (κ2) is 5.24. The van der Waals surface area contributed by atoms with Crippen molar-refractivity contribution < 1.29 is 18.0 Å². The van der Waals surface area contributed by atoms with Crippen molar-refractivity contribution in [1.82, 2.24) is 0 Å². The molecule has 0 aliphatic heterocycles. The van der Waals surface area contributed by atoms with Crippen LogP contribution in [0.3, 0.4) is 0 Å². The maximum absolute atomic E-state index is 12.5. The van der Waals surface area contributed by atoms with E-state index in [9.17, 15) is 18.0 Å². The summed E-state index contributed by atoms with van der Waals surface area (Å²) in [6.45, 7) is 0. The molecule has 3 N–H and O–H groups in total. The lowest BCUT2D eigenvalue weighted by Crippen LogP contribution is -2.14. The quantitative estimate of drug-likeness (QED) is 0.827. The number of nitrogen functional groups attached to an aromatic ring is 1. The number of alkyl halides is 3. The fraction of sp³-hybridized carbons (Fsp3) is 0.0714. The summed E-state index contributed by atoms with van der Waals surface area (Å²) < 4.78 is 37.5. The highest BCUT2D eigenvalue weighted by atomic mass is 19.4. The summed E-state index contributed by atoms with van der Waals surface area (Å²) in [7, 11) is 0. The molecule has 2 aromatic rings. The molecule has 0 atom stereocenters. The van der Waals surface area contributed by atoms with Gasteiger partial charge in [0.25, 0.3) is 5.91 Å². The first-order valence-corrected chi connectivity index (χ1v) is 5.71. The Labute approximate surface area is 113 Å². The van der Waals surface area contributed by atoms with Crippen LogP contribution in [0.5, 0.6) is 0 Å². The summed E-state index contributed by atoms with van der Waals surface area (Å²) in [5.74, 6) is -0.433. The number of benzene rings is 2. The van der Waals surface area contributed by atoms with Gasteiger partial charge in [0.2, 0.25) is 0 Å². The Morgan fingerprint density at radius 1 is 1.05 bits per heavy atom. The van der Waals surface area contributed by atoms with Gasteiger partial charge in [0, 0.05) is 5.56 Å². The van der Waals surface area contributed by atoms with Crippen LogP contribution in [-0.4, -0.2) is 5.91 Å². The normalized spacial score (nSPS) is 11.2. The van der Waals surface area contributed by atoms with Gasteiger partial charge >= 0.3 is 6.18 Å². The molecule has 20 heavy (non-hydrogen) atoms. The van der Waals surface area contributed by atoms with Crippen LogP contribution in [0.1, 0.15) is 15.9 Å². The third-order valence-electron chi connectivity index (χ3n) is 2.66. The first kappa shape index (κ1) is 13.9. The third-order valence-corrected chi connectivity index (χ3v) is 2.66. The van der Waals surface area contributed by atoms with Crippen molar-refractivity contribution in [1.29, 1.82) is 0 Å². The van der Waals surface area contributed by atoms with Gasteiger partial charge in [-0.05, 0) is 30.3 Å². The Bertz CT molecular complexity index is 624. The van der Waals surface area contributed by atoms with E-state index in [0.29, 0.717) is 5.56 Å². The van der Waals surface area contributed by atoms with Crippen molar-refractivity contribution in [3.8, 4) is 0 Å².